The van der Waals surface area contributed by atoms with Crippen LogP contribution < -0.4 is 4.89 Å². The highest BCUT2D eigenvalue weighted by Gasteiger charge is 2.09. The number of thioether (sulfide) groups is 1. The molecule has 1 rings (SSSR count). The van der Waals surface area contributed by atoms with Crippen LogP contribution in [-0.2, 0) is 9.53 Å². The zero-order valence-corrected chi connectivity index (χ0v) is 9.07. The van der Waals surface area contributed by atoms with E-state index in [4.69, 9.17) is 9.99 Å². The van der Waals surface area contributed by atoms with Crippen molar-refractivity contribution in [2.75, 3.05) is 12.9 Å². The van der Waals surface area contributed by atoms with Gasteiger partial charge in [0.1, 0.15) is 12.4 Å². The van der Waals surface area contributed by atoms with Gasteiger partial charge in [-0.2, -0.15) is 0 Å². The lowest BCUT2D eigenvalue weighted by Crippen LogP contribution is -2.14. The summed E-state index contributed by atoms with van der Waals surface area (Å²) in [6.07, 6.45) is 0.303. The Bertz CT molecular complexity index is 317. The molecule has 0 saturated carbocycles. The van der Waals surface area contributed by atoms with E-state index in [1.807, 2.05) is 6.07 Å². The SMILES string of the molecule is C.COC(C=O)CSc1ccccc1OO. The summed E-state index contributed by atoms with van der Waals surface area (Å²) in [5, 5.41) is 8.58. The molecule has 1 N–H and O–H groups in total. The molecule has 90 valence electrons. The van der Waals surface area contributed by atoms with Crippen LogP contribution in [-0.4, -0.2) is 30.5 Å². The number of hydrogen-bond acceptors (Lipinski definition) is 5. The predicted molar refractivity (Wildman–Crippen MR) is 64.0 cm³/mol. The summed E-state index contributed by atoms with van der Waals surface area (Å²) in [5.41, 5.74) is 0. The fourth-order valence-corrected chi connectivity index (χ4v) is 1.96. The van der Waals surface area contributed by atoms with Crippen LogP contribution >= 0.6 is 11.8 Å². The molecule has 0 heterocycles. The molecule has 5 heteroatoms. The molecule has 0 saturated heterocycles. The Balaban J connectivity index is 0.00000225. The molecule has 1 aromatic carbocycles. The highest BCUT2D eigenvalue weighted by Crippen LogP contribution is 2.28. The summed E-state index contributed by atoms with van der Waals surface area (Å²) in [6.45, 7) is 0. The van der Waals surface area contributed by atoms with Crippen LogP contribution in [0.5, 0.6) is 5.75 Å². The van der Waals surface area contributed by atoms with E-state index < -0.39 is 6.10 Å². The first-order chi connectivity index (χ1) is 7.31. The third kappa shape index (κ3) is 4.22. The third-order valence-corrected chi connectivity index (χ3v) is 2.95. The van der Waals surface area contributed by atoms with E-state index in [0.717, 1.165) is 11.2 Å². The van der Waals surface area contributed by atoms with E-state index in [0.29, 0.717) is 11.5 Å². The van der Waals surface area contributed by atoms with Gasteiger partial charge in [0.05, 0.1) is 4.90 Å². The van der Waals surface area contributed by atoms with Crippen molar-refractivity contribution in [3.8, 4) is 5.75 Å². The van der Waals surface area contributed by atoms with Gasteiger partial charge in [0, 0.05) is 12.9 Å². The molecule has 0 amide bonds. The fourth-order valence-electron chi connectivity index (χ4n) is 0.980. The molecule has 0 bridgehead atoms. The number of rotatable bonds is 6. The topological polar surface area (TPSA) is 55.8 Å². The minimum absolute atomic E-state index is 0. The highest BCUT2D eigenvalue weighted by atomic mass is 32.2. The summed E-state index contributed by atoms with van der Waals surface area (Å²) in [6, 6.07) is 7.02. The Morgan fingerprint density at radius 2 is 2.19 bits per heavy atom. The Morgan fingerprint density at radius 1 is 1.50 bits per heavy atom. The van der Waals surface area contributed by atoms with Crippen molar-refractivity contribution in [2.24, 2.45) is 0 Å². The van der Waals surface area contributed by atoms with Gasteiger partial charge in [0.15, 0.2) is 5.75 Å². The lowest BCUT2D eigenvalue weighted by molar-refractivity contribution is -0.140. The quantitative estimate of drug-likeness (QED) is 0.360. The van der Waals surface area contributed by atoms with Crippen molar-refractivity contribution in [1.29, 1.82) is 0 Å². The second-order valence-electron chi connectivity index (χ2n) is 2.76. The molecule has 1 unspecified atom stereocenters. The maximum Gasteiger partial charge on any atom is 0.178 e. The first kappa shape index (κ1) is 15.0. The van der Waals surface area contributed by atoms with Gasteiger partial charge in [-0.25, -0.2) is 5.26 Å². The van der Waals surface area contributed by atoms with E-state index in [1.54, 1.807) is 18.2 Å². The first-order valence-corrected chi connectivity index (χ1v) is 5.31. The Kier molecular flexibility index (Phi) is 7.62. The van der Waals surface area contributed by atoms with E-state index in [1.165, 1.54) is 18.9 Å². The van der Waals surface area contributed by atoms with Crippen LogP contribution in [0.15, 0.2) is 29.2 Å². The Morgan fingerprint density at radius 3 is 2.75 bits per heavy atom. The molecule has 0 aliphatic heterocycles. The van der Waals surface area contributed by atoms with Gasteiger partial charge < -0.3 is 14.4 Å². The van der Waals surface area contributed by atoms with Crippen molar-refractivity contribution in [2.45, 2.75) is 18.4 Å². The van der Waals surface area contributed by atoms with Crippen LogP contribution in [0.1, 0.15) is 7.43 Å². The summed E-state index contributed by atoms with van der Waals surface area (Å²) in [7, 11) is 1.48. The van der Waals surface area contributed by atoms with Crippen LogP contribution in [0.4, 0.5) is 0 Å². The van der Waals surface area contributed by atoms with E-state index in [9.17, 15) is 4.79 Å². The Labute approximate surface area is 99.5 Å². The minimum Gasteiger partial charge on any atom is -0.373 e. The largest absolute Gasteiger partial charge is 0.373 e. The second kappa shape index (κ2) is 8.15. The summed E-state index contributed by atoms with van der Waals surface area (Å²) < 4.78 is 4.90. The van der Waals surface area contributed by atoms with E-state index in [2.05, 4.69) is 4.89 Å². The van der Waals surface area contributed by atoms with Gasteiger partial charge in [-0.3, -0.25) is 0 Å². The van der Waals surface area contributed by atoms with Gasteiger partial charge in [-0.1, -0.05) is 19.6 Å². The van der Waals surface area contributed by atoms with Crippen molar-refractivity contribution in [3.63, 3.8) is 0 Å². The zero-order valence-electron chi connectivity index (χ0n) is 8.25. The molecular weight excluding hydrogens is 228 g/mol. The number of benzene rings is 1. The van der Waals surface area contributed by atoms with Crippen molar-refractivity contribution >= 4 is 18.0 Å². The molecule has 1 aromatic rings. The average molecular weight is 244 g/mol. The van der Waals surface area contributed by atoms with Crippen molar-refractivity contribution in [3.05, 3.63) is 24.3 Å². The van der Waals surface area contributed by atoms with Gasteiger partial charge in [-0.05, 0) is 12.1 Å². The molecule has 0 aromatic heterocycles. The van der Waals surface area contributed by atoms with Crippen LogP contribution in [0.25, 0.3) is 0 Å². The second-order valence-corrected chi connectivity index (χ2v) is 3.82. The number of hydrogen-bond donors (Lipinski definition) is 1. The normalized spacial score (nSPS) is 11.4. The van der Waals surface area contributed by atoms with Gasteiger partial charge in [-0.15, -0.1) is 11.8 Å². The van der Waals surface area contributed by atoms with Crippen LogP contribution in [0, 0.1) is 0 Å². The molecule has 0 aliphatic rings. The molecule has 0 radical (unpaired) electrons. The van der Waals surface area contributed by atoms with Crippen molar-refractivity contribution < 1.29 is 19.7 Å². The lowest BCUT2D eigenvalue weighted by atomic mass is 10.3. The molecule has 4 nitrogen and oxygen atoms in total. The molecule has 1 atom stereocenters. The number of aldehydes is 1. The monoisotopic (exact) mass is 244 g/mol. The number of methoxy groups -OCH3 is 1. The minimum atomic E-state index is -0.443. The highest BCUT2D eigenvalue weighted by molar-refractivity contribution is 7.99. The maximum atomic E-state index is 10.5. The first-order valence-electron chi connectivity index (χ1n) is 4.33. The van der Waals surface area contributed by atoms with Crippen molar-refractivity contribution in [1.82, 2.24) is 0 Å². The standard InChI is InChI=1S/C10H12O4S.CH4/c1-13-8(6-11)7-15-10-5-3-2-4-9(10)14-12;/h2-6,8,12H,7H2,1H3;1H4. The molecule has 0 aliphatic carbocycles. The molecular formula is C11H16O4S. The lowest BCUT2D eigenvalue weighted by Gasteiger charge is -2.09. The fraction of sp³-hybridized carbons (Fsp3) is 0.364. The number of carbonyl (C=O) groups is 1. The number of carbonyl (C=O) groups excluding carboxylic acids is 1. The van der Waals surface area contributed by atoms with Crippen LogP contribution in [0.2, 0.25) is 0 Å². The van der Waals surface area contributed by atoms with Gasteiger partial charge >= 0.3 is 0 Å². The van der Waals surface area contributed by atoms with Crippen LogP contribution in [0.3, 0.4) is 0 Å². The summed E-state index contributed by atoms with van der Waals surface area (Å²) in [4.78, 5) is 15.5. The van der Waals surface area contributed by atoms with E-state index >= 15 is 0 Å². The summed E-state index contributed by atoms with van der Waals surface area (Å²) in [5.74, 6) is 0.864. The smallest absolute Gasteiger partial charge is 0.178 e. The summed E-state index contributed by atoms with van der Waals surface area (Å²) >= 11 is 1.39. The molecule has 0 spiro atoms. The average Bonchev–Trinajstić information content (AvgIpc) is 2.31. The molecule has 0 fully saturated rings. The zero-order chi connectivity index (χ0) is 11.1. The van der Waals surface area contributed by atoms with Gasteiger partial charge in [0.25, 0.3) is 0 Å². The number of para-hydroxylation sites is 1. The van der Waals surface area contributed by atoms with E-state index in [-0.39, 0.29) is 7.43 Å². The predicted octanol–water partition coefficient (Wildman–Crippen LogP) is 2.48. The Hall–Kier alpha value is -1.04. The molecule has 16 heavy (non-hydrogen) atoms. The van der Waals surface area contributed by atoms with Gasteiger partial charge in [0.2, 0.25) is 0 Å². The number of ether oxygens (including phenoxy) is 1. The maximum absolute atomic E-state index is 10.5. The third-order valence-electron chi connectivity index (χ3n) is 1.81.